The number of hydrogen-bond acceptors (Lipinski definition) is 9. The lowest BCUT2D eigenvalue weighted by Crippen LogP contribution is -2.28. The van der Waals surface area contributed by atoms with E-state index in [0.29, 0.717) is 66.1 Å². The van der Waals surface area contributed by atoms with E-state index in [-0.39, 0.29) is 25.0 Å². The van der Waals surface area contributed by atoms with E-state index in [1.807, 2.05) is 30.3 Å². The van der Waals surface area contributed by atoms with Crippen LogP contribution in [0, 0.1) is 5.82 Å². The lowest BCUT2D eigenvalue weighted by molar-refractivity contribution is 0.173. The van der Waals surface area contributed by atoms with Crippen LogP contribution in [0.3, 0.4) is 0 Å². The molecule has 0 aliphatic carbocycles. The number of halogens is 1. The van der Waals surface area contributed by atoms with Gasteiger partial charge in [-0.2, -0.15) is 0 Å². The fourth-order valence-corrected chi connectivity index (χ4v) is 4.89. The molecule has 12 heteroatoms. The Kier molecular flexibility index (Phi) is 6.00. The summed E-state index contributed by atoms with van der Waals surface area (Å²) in [5.74, 6) is 2.92. The zero-order valence-electron chi connectivity index (χ0n) is 21.2. The monoisotopic (exact) mass is 542 g/mol. The van der Waals surface area contributed by atoms with Crippen LogP contribution >= 0.6 is 0 Å². The quantitative estimate of drug-likeness (QED) is 0.315. The predicted molar refractivity (Wildman–Crippen MR) is 140 cm³/mol. The van der Waals surface area contributed by atoms with Crippen molar-refractivity contribution in [2.75, 3.05) is 13.6 Å². The molecular formula is C28H23FN6O5. The molecule has 5 aromatic rings. The number of aromatic amines is 1. The first-order chi connectivity index (χ1) is 19.6. The Morgan fingerprint density at radius 3 is 2.38 bits per heavy atom. The summed E-state index contributed by atoms with van der Waals surface area (Å²) in [5.41, 5.74) is 2.88. The third-order valence-corrected chi connectivity index (χ3v) is 6.87. The van der Waals surface area contributed by atoms with Crippen molar-refractivity contribution in [1.29, 1.82) is 0 Å². The Bertz CT molecular complexity index is 1770. The molecule has 2 aromatic heterocycles. The second kappa shape index (κ2) is 9.97. The molecule has 0 saturated heterocycles. The molecule has 0 spiro atoms. The van der Waals surface area contributed by atoms with E-state index in [4.69, 9.17) is 18.9 Å². The Morgan fingerprint density at radius 2 is 1.55 bits per heavy atom. The molecular weight excluding hydrogens is 519 g/mol. The van der Waals surface area contributed by atoms with Crippen LogP contribution in [0.2, 0.25) is 0 Å². The number of ether oxygens (including phenoxy) is 4. The molecule has 1 N–H and O–H groups in total. The zero-order chi connectivity index (χ0) is 27.1. The Hall–Kier alpha value is -4.97. The number of nitrogens with zero attached hydrogens (tertiary/aromatic N) is 5. The lowest BCUT2D eigenvalue weighted by atomic mass is 10.1. The second-order valence-electron chi connectivity index (χ2n) is 9.63. The third kappa shape index (κ3) is 4.80. The van der Waals surface area contributed by atoms with E-state index >= 15 is 0 Å². The van der Waals surface area contributed by atoms with Gasteiger partial charge in [0.1, 0.15) is 5.82 Å². The molecule has 3 aromatic carbocycles. The molecule has 0 radical (unpaired) electrons. The van der Waals surface area contributed by atoms with Gasteiger partial charge in [-0.05, 0) is 58.0 Å². The molecule has 11 nitrogen and oxygen atoms in total. The van der Waals surface area contributed by atoms with Crippen LogP contribution in [0.5, 0.6) is 23.0 Å². The topological polar surface area (TPSA) is 117 Å². The van der Waals surface area contributed by atoms with E-state index in [0.717, 1.165) is 16.5 Å². The number of nitrogens with one attached hydrogen (secondary N) is 1. The highest BCUT2D eigenvalue weighted by Gasteiger charge is 2.20. The first-order valence-corrected chi connectivity index (χ1v) is 12.6. The molecule has 0 atom stereocenters. The Labute approximate surface area is 226 Å². The Morgan fingerprint density at radius 1 is 0.825 bits per heavy atom. The number of aromatic nitrogens is 5. The van der Waals surface area contributed by atoms with E-state index in [9.17, 15) is 9.18 Å². The smallest absolute Gasteiger partial charge is 0.252 e. The number of fused-ring (bicyclic) bond motifs is 3. The van der Waals surface area contributed by atoms with Crippen molar-refractivity contribution in [2.24, 2.45) is 0 Å². The molecule has 0 saturated carbocycles. The van der Waals surface area contributed by atoms with E-state index in [1.165, 1.54) is 12.1 Å². The second-order valence-corrected chi connectivity index (χ2v) is 9.63. The molecule has 2 aliphatic heterocycles. The van der Waals surface area contributed by atoms with Crippen molar-refractivity contribution < 1.29 is 23.3 Å². The number of hydrogen-bond donors (Lipinski definition) is 1. The minimum absolute atomic E-state index is 0.151. The fourth-order valence-electron chi connectivity index (χ4n) is 4.89. The average molecular weight is 543 g/mol. The van der Waals surface area contributed by atoms with Crippen LogP contribution in [0.25, 0.3) is 10.9 Å². The van der Waals surface area contributed by atoms with Gasteiger partial charge >= 0.3 is 0 Å². The summed E-state index contributed by atoms with van der Waals surface area (Å²) < 4.78 is 37.0. The van der Waals surface area contributed by atoms with Crippen molar-refractivity contribution in [1.82, 2.24) is 30.1 Å². The van der Waals surface area contributed by atoms with Crippen molar-refractivity contribution in [3.8, 4) is 23.0 Å². The number of benzene rings is 3. The van der Waals surface area contributed by atoms with E-state index in [2.05, 4.69) is 25.4 Å². The van der Waals surface area contributed by atoms with Gasteiger partial charge in [0.05, 0.1) is 18.6 Å². The minimum Gasteiger partial charge on any atom is -0.454 e. The van der Waals surface area contributed by atoms with Gasteiger partial charge < -0.3 is 23.9 Å². The first-order valence-electron chi connectivity index (χ1n) is 12.6. The van der Waals surface area contributed by atoms with Crippen LogP contribution in [0.15, 0.2) is 65.5 Å². The van der Waals surface area contributed by atoms with E-state index in [1.54, 1.807) is 22.9 Å². The molecule has 7 rings (SSSR count). The molecule has 202 valence electrons. The molecule has 40 heavy (non-hydrogen) atoms. The van der Waals surface area contributed by atoms with Crippen LogP contribution in [-0.4, -0.2) is 43.7 Å². The number of H-pyrrole nitrogens is 1. The maximum atomic E-state index is 13.4. The van der Waals surface area contributed by atoms with Crippen LogP contribution in [-0.2, 0) is 26.2 Å². The van der Waals surface area contributed by atoms with Gasteiger partial charge in [0, 0.05) is 30.1 Å². The van der Waals surface area contributed by atoms with Crippen molar-refractivity contribution in [2.45, 2.75) is 26.2 Å². The summed E-state index contributed by atoms with van der Waals surface area (Å²) >= 11 is 0. The number of pyridine rings is 1. The summed E-state index contributed by atoms with van der Waals surface area (Å²) in [4.78, 5) is 18.2. The fraction of sp³-hybridized carbons (Fsp3) is 0.214. The van der Waals surface area contributed by atoms with Gasteiger partial charge in [-0.1, -0.05) is 18.2 Å². The average Bonchev–Trinajstić information content (AvgIpc) is 3.70. The normalized spacial score (nSPS) is 13.4. The Balaban J connectivity index is 1.20. The summed E-state index contributed by atoms with van der Waals surface area (Å²) in [6, 6.07) is 17.5. The highest BCUT2D eigenvalue weighted by molar-refractivity contribution is 5.83. The minimum atomic E-state index is -0.305. The molecule has 0 fully saturated rings. The van der Waals surface area contributed by atoms with Gasteiger partial charge in [0.15, 0.2) is 28.8 Å². The molecule has 4 heterocycles. The molecule has 0 bridgehead atoms. The van der Waals surface area contributed by atoms with Crippen LogP contribution < -0.4 is 24.5 Å². The van der Waals surface area contributed by atoms with Crippen molar-refractivity contribution in [3.05, 3.63) is 99.3 Å². The first kappa shape index (κ1) is 24.1. The van der Waals surface area contributed by atoms with Crippen molar-refractivity contribution >= 4 is 10.9 Å². The maximum Gasteiger partial charge on any atom is 0.252 e. The van der Waals surface area contributed by atoms with Crippen molar-refractivity contribution in [3.63, 3.8) is 0 Å². The SMILES string of the molecule is O=c1[nH]c2cc3c(cc2cc1CN(Cc1ccc2c(c1)OCO2)Cc1nnnn1Cc1ccc(F)cc1)OCO3. The van der Waals surface area contributed by atoms with Crippen LogP contribution in [0.4, 0.5) is 4.39 Å². The van der Waals surface area contributed by atoms with Gasteiger partial charge in [-0.25, -0.2) is 9.07 Å². The summed E-state index contributed by atoms with van der Waals surface area (Å²) in [5, 5.41) is 13.1. The highest BCUT2D eigenvalue weighted by atomic mass is 19.1. The number of tetrazole rings is 1. The third-order valence-electron chi connectivity index (χ3n) is 6.87. The number of rotatable bonds is 8. The van der Waals surface area contributed by atoms with Gasteiger partial charge in [0.2, 0.25) is 13.6 Å². The predicted octanol–water partition coefficient (Wildman–Crippen LogP) is 3.36. The van der Waals surface area contributed by atoms with Gasteiger partial charge in [-0.3, -0.25) is 9.69 Å². The zero-order valence-corrected chi connectivity index (χ0v) is 21.2. The molecule has 0 unspecified atom stereocenters. The largest absolute Gasteiger partial charge is 0.454 e. The summed E-state index contributed by atoms with van der Waals surface area (Å²) in [7, 11) is 0. The lowest BCUT2D eigenvalue weighted by Gasteiger charge is -2.22. The standard InChI is InChI=1S/C28H23FN6O5/c29-21-4-1-17(2-5-21)12-35-27(31-32-33-35)14-34(11-18-3-6-23-24(7-18)38-15-37-23)13-20-8-19-9-25-26(40-16-39-25)10-22(19)30-28(20)36/h1-10H,11-16H2,(H,30,36). The molecule has 0 amide bonds. The van der Waals surface area contributed by atoms with Gasteiger partial charge in [-0.15, -0.1) is 5.10 Å². The van der Waals surface area contributed by atoms with Crippen LogP contribution in [0.1, 0.15) is 22.5 Å². The maximum absolute atomic E-state index is 13.4. The summed E-state index contributed by atoms with van der Waals surface area (Å²) in [6.45, 7) is 1.87. The van der Waals surface area contributed by atoms with E-state index < -0.39 is 0 Å². The molecule has 2 aliphatic rings. The van der Waals surface area contributed by atoms with Gasteiger partial charge in [0.25, 0.3) is 5.56 Å². The summed E-state index contributed by atoms with van der Waals surface area (Å²) in [6.07, 6.45) is 0. The highest BCUT2D eigenvalue weighted by Crippen LogP contribution is 2.35.